The molecule has 0 bridgehead atoms. The number of halogens is 1. The number of aromatic hydroxyl groups is 1. The largest absolute Gasteiger partial charge is 0.495 e. The van der Waals surface area contributed by atoms with E-state index in [4.69, 9.17) is 0 Å². The first-order valence-corrected chi connectivity index (χ1v) is 4.79. The number of nitrogens with one attached hydrogen (secondary N) is 1. The van der Waals surface area contributed by atoms with Crippen molar-refractivity contribution < 1.29 is 5.11 Å². The summed E-state index contributed by atoms with van der Waals surface area (Å²) in [7, 11) is 0. The molecule has 0 aliphatic carbocycles. The highest BCUT2D eigenvalue weighted by Crippen LogP contribution is 2.23. The summed E-state index contributed by atoms with van der Waals surface area (Å²) >= 11 is 3.39. The molecule has 0 amide bonds. The quantitative estimate of drug-likeness (QED) is 0.720. The lowest BCUT2D eigenvalue weighted by atomic mass is 10.2. The number of H-pyrrole nitrogens is 1. The zero-order valence-corrected chi connectivity index (χ0v) is 7.93. The Bertz CT molecular complexity index is 408. The van der Waals surface area contributed by atoms with Gasteiger partial charge in [0.15, 0.2) is 5.88 Å². The number of hydrogen-bond donors (Lipinski definition) is 2. The molecule has 62 valence electrons. The molecule has 0 unspecified atom stereocenters. The van der Waals surface area contributed by atoms with Gasteiger partial charge in [-0.05, 0) is 5.56 Å². The van der Waals surface area contributed by atoms with Gasteiger partial charge in [-0.3, -0.25) is 0 Å². The van der Waals surface area contributed by atoms with Crippen LogP contribution in [0.25, 0.3) is 10.9 Å². The van der Waals surface area contributed by atoms with Gasteiger partial charge in [-0.2, -0.15) is 0 Å². The van der Waals surface area contributed by atoms with Gasteiger partial charge in [0.2, 0.25) is 0 Å². The molecule has 1 aromatic carbocycles. The molecule has 12 heavy (non-hydrogen) atoms. The molecule has 2 rings (SSSR count). The molecule has 0 aliphatic rings. The Hall–Kier alpha value is -0.960. The second-order valence-corrected chi connectivity index (χ2v) is 3.23. The first-order valence-electron chi connectivity index (χ1n) is 3.67. The molecule has 2 aromatic rings. The van der Waals surface area contributed by atoms with Crippen LogP contribution in [0.1, 0.15) is 5.56 Å². The van der Waals surface area contributed by atoms with Crippen LogP contribution in [0.5, 0.6) is 5.88 Å². The van der Waals surface area contributed by atoms with Gasteiger partial charge >= 0.3 is 0 Å². The third kappa shape index (κ3) is 1.10. The van der Waals surface area contributed by atoms with Crippen molar-refractivity contribution in [1.82, 2.24) is 4.98 Å². The van der Waals surface area contributed by atoms with Crippen LogP contribution in [-0.4, -0.2) is 10.1 Å². The summed E-state index contributed by atoms with van der Waals surface area (Å²) in [5.41, 5.74) is 2.17. The minimum absolute atomic E-state index is 0.221. The molecular formula is C9H8BrNO. The van der Waals surface area contributed by atoms with Crippen molar-refractivity contribution in [2.45, 2.75) is 5.33 Å². The summed E-state index contributed by atoms with van der Waals surface area (Å²) in [5, 5.41) is 11.0. The van der Waals surface area contributed by atoms with E-state index in [9.17, 15) is 5.11 Å². The van der Waals surface area contributed by atoms with E-state index in [0.717, 1.165) is 21.8 Å². The SMILES string of the molecule is Oc1cc2cccc(CBr)c2[nH]1. The fraction of sp³-hybridized carbons (Fsp3) is 0.111. The van der Waals surface area contributed by atoms with E-state index in [1.165, 1.54) is 0 Å². The molecule has 2 N–H and O–H groups in total. The Morgan fingerprint density at radius 3 is 3.00 bits per heavy atom. The van der Waals surface area contributed by atoms with Crippen molar-refractivity contribution in [2.75, 3.05) is 0 Å². The molecule has 1 heterocycles. The van der Waals surface area contributed by atoms with Crippen LogP contribution in [0.15, 0.2) is 24.3 Å². The van der Waals surface area contributed by atoms with Crippen molar-refractivity contribution >= 4 is 26.8 Å². The number of rotatable bonds is 1. The smallest absolute Gasteiger partial charge is 0.189 e. The number of alkyl halides is 1. The van der Waals surface area contributed by atoms with Crippen LogP contribution >= 0.6 is 15.9 Å². The highest BCUT2D eigenvalue weighted by Gasteiger charge is 2.02. The zero-order valence-electron chi connectivity index (χ0n) is 6.34. The molecule has 0 radical (unpaired) electrons. The van der Waals surface area contributed by atoms with Gasteiger partial charge in [-0.25, -0.2) is 0 Å². The standard InChI is InChI=1S/C9H8BrNO/c10-5-7-3-1-2-6-4-8(12)11-9(6)7/h1-4,11-12H,5H2. The van der Waals surface area contributed by atoms with Crippen LogP contribution in [0.2, 0.25) is 0 Å². The summed E-state index contributed by atoms with van der Waals surface area (Å²) in [4.78, 5) is 2.90. The van der Waals surface area contributed by atoms with Crippen LogP contribution in [-0.2, 0) is 5.33 Å². The third-order valence-electron chi connectivity index (χ3n) is 1.87. The predicted octanol–water partition coefficient (Wildman–Crippen LogP) is 2.77. The van der Waals surface area contributed by atoms with E-state index >= 15 is 0 Å². The summed E-state index contributed by atoms with van der Waals surface area (Å²) in [6.45, 7) is 0. The maximum absolute atomic E-state index is 9.21. The van der Waals surface area contributed by atoms with Crippen molar-refractivity contribution in [3.05, 3.63) is 29.8 Å². The molecule has 3 heteroatoms. The summed E-state index contributed by atoms with van der Waals surface area (Å²) < 4.78 is 0. The van der Waals surface area contributed by atoms with Crippen LogP contribution < -0.4 is 0 Å². The zero-order chi connectivity index (χ0) is 8.55. The maximum atomic E-state index is 9.21. The number of benzene rings is 1. The van der Waals surface area contributed by atoms with Gasteiger partial charge in [0, 0.05) is 16.8 Å². The Kier molecular flexibility index (Phi) is 1.81. The minimum Gasteiger partial charge on any atom is -0.495 e. The lowest BCUT2D eigenvalue weighted by molar-refractivity contribution is 0.458. The number of para-hydroxylation sites is 1. The Balaban J connectivity index is 2.78. The van der Waals surface area contributed by atoms with Gasteiger partial charge in [-0.15, -0.1) is 0 Å². The average molecular weight is 226 g/mol. The Labute approximate surface area is 78.3 Å². The van der Waals surface area contributed by atoms with E-state index < -0.39 is 0 Å². The van der Waals surface area contributed by atoms with Gasteiger partial charge in [-0.1, -0.05) is 34.1 Å². The molecule has 0 saturated heterocycles. The van der Waals surface area contributed by atoms with E-state index in [1.807, 2.05) is 18.2 Å². The topological polar surface area (TPSA) is 36.0 Å². The maximum Gasteiger partial charge on any atom is 0.189 e. The molecule has 2 nitrogen and oxygen atoms in total. The second kappa shape index (κ2) is 2.83. The monoisotopic (exact) mass is 225 g/mol. The summed E-state index contributed by atoms with van der Waals surface area (Å²) in [6, 6.07) is 7.69. The van der Waals surface area contributed by atoms with Crippen LogP contribution in [0, 0.1) is 0 Å². The van der Waals surface area contributed by atoms with Crippen molar-refractivity contribution in [3.63, 3.8) is 0 Å². The van der Waals surface area contributed by atoms with E-state index in [0.29, 0.717) is 0 Å². The molecular weight excluding hydrogens is 218 g/mol. The van der Waals surface area contributed by atoms with Crippen molar-refractivity contribution in [2.24, 2.45) is 0 Å². The molecule has 1 aromatic heterocycles. The van der Waals surface area contributed by atoms with Gasteiger partial charge in [0.25, 0.3) is 0 Å². The molecule has 0 saturated carbocycles. The first-order chi connectivity index (χ1) is 5.81. The molecule has 0 fully saturated rings. The third-order valence-corrected chi connectivity index (χ3v) is 2.48. The van der Waals surface area contributed by atoms with Gasteiger partial charge in [0.05, 0.1) is 5.52 Å². The van der Waals surface area contributed by atoms with Crippen LogP contribution in [0.3, 0.4) is 0 Å². The highest BCUT2D eigenvalue weighted by atomic mass is 79.9. The van der Waals surface area contributed by atoms with E-state index in [2.05, 4.69) is 20.9 Å². The van der Waals surface area contributed by atoms with E-state index in [1.54, 1.807) is 6.07 Å². The Morgan fingerprint density at radius 2 is 2.25 bits per heavy atom. The first kappa shape index (κ1) is 7.68. The highest BCUT2D eigenvalue weighted by molar-refractivity contribution is 9.08. The fourth-order valence-electron chi connectivity index (χ4n) is 1.32. The summed E-state index contributed by atoms with van der Waals surface area (Å²) in [6.07, 6.45) is 0. The predicted molar refractivity (Wildman–Crippen MR) is 52.6 cm³/mol. The number of aromatic amines is 1. The summed E-state index contributed by atoms with van der Waals surface area (Å²) in [5.74, 6) is 0.221. The minimum atomic E-state index is 0.221. The van der Waals surface area contributed by atoms with Gasteiger partial charge in [0.1, 0.15) is 0 Å². The molecule has 0 spiro atoms. The van der Waals surface area contributed by atoms with Crippen molar-refractivity contribution in [1.29, 1.82) is 0 Å². The lowest BCUT2D eigenvalue weighted by Gasteiger charge is -1.96. The van der Waals surface area contributed by atoms with Gasteiger partial charge < -0.3 is 10.1 Å². The van der Waals surface area contributed by atoms with Crippen molar-refractivity contribution in [3.8, 4) is 5.88 Å². The number of aromatic nitrogens is 1. The average Bonchev–Trinajstić information content (AvgIpc) is 2.44. The Morgan fingerprint density at radius 1 is 1.42 bits per heavy atom. The number of fused-ring (bicyclic) bond motifs is 1. The molecule has 0 aliphatic heterocycles. The normalized spacial score (nSPS) is 10.8. The van der Waals surface area contributed by atoms with E-state index in [-0.39, 0.29) is 5.88 Å². The fourth-order valence-corrected chi connectivity index (χ4v) is 1.78. The van der Waals surface area contributed by atoms with Crippen LogP contribution in [0.4, 0.5) is 0 Å². The number of hydrogen-bond acceptors (Lipinski definition) is 1. The second-order valence-electron chi connectivity index (χ2n) is 2.67. The molecule has 0 atom stereocenters. The lowest BCUT2D eigenvalue weighted by Crippen LogP contribution is -1.78.